The number of rotatable bonds is 13. The van der Waals surface area contributed by atoms with Crippen LogP contribution in [0.5, 0.6) is 0 Å². The maximum Gasteiger partial charge on any atom is 0.408 e. The summed E-state index contributed by atoms with van der Waals surface area (Å²) in [6.45, 7) is 11.2. The van der Waals surface area contributed by atoms with Gasteiger partial charge in [-0.15, -0.1) is 6.42 Å². The molecule has 0 spiro atoms. The van der Waals surface area contributed by atoms with Gasteiger partial charge in [0.05, 0.1) is 6.42 Å². The van der Waals surface area contributed by atoms with Gasteiger partial charge in [0.1, 0.15) is 17.7 Å². The number of nitrogens with two attached hydrogens (primary N) is 1. The van der Waals surface area contributed by atoms with Crippen molar-refractivity contribution in [2.75, 3.05) is 6.54 Å². The van der Waals surface area contributed by atoms with Crippen molar-refractivity contribution in [3.63, 3.8) is 0 Å². The highest BCUT2D eigenvalue weighted by atomic mass is 16.6. The van der Waals surface area contributed by atoms with Gasteiger partial charge in [-0.2, -0.15) is 0 Å². The molecule has 0 heterocycles. The first-order chi connectivity index (χ1) is 17.3. The van der Waals surface area contributed by atoms with Crippen molar-refractivity contribution in [2.45, 2.75) is 97.4 Å². The normalized spacial score (nSPS) is 13.4. The first-order valence-corrected chi connectivity index (χ1v) is 12.8. The van der Waals surface area contributed by atoms with Crippen LogP contribution in [-0.4, -0.2) is 52.9 Å². The fraction of sp³-hybridized carbons (Fsp3) is 0.571. The van der Waals surface area contributed by atoms with E-state index in [1.54, 1.807) is 45.0 Å². The Balaban J connectivity index is 3.50. The molecule has 37 heavy (non-hydrogen) atoms. The van der Waals surface area contributed by atoms with E-state index in [0.29, 0.717) is 17.5 Å². The molecule has 0 radical (unpaired) electrons. The highest BCUT2D eigenvalue weighted by Gasteiger charge is 2.37. The van der Waals surface area contributed by atoms with Crippen molar-refractivity contribution in [2.24, 2.45) is 5.73 Å². The molecule has 4 amide bonds. The quantitative estimate of drug-likeness (QED) is 0.347. The predicted octanol–water partition coefficient (Wildman–Crippen LogP) is 3.41. The molecular formula is C28H42N4O5. The van der Waals surface area contributed by atoms with E-state index in [4.69, 9.17) is 16.9 Å². The molecular weight excluding hydrogens is 472 g/mol. The van der Waals surface area contributed by atoms with Gasteiger partial charge >= 0.3 is 6.09 Å². The van der Waals surface area contributed by atoms with E-state index in [1.807, 2.05) is 20.8 Å². The maximum absolute atomic E-state index is 13.9. The van der Waals surface area contributed by atoms with E-state index in [0.717, 1.165) is 19.3 Å². The van der Waals surface area contributed by atoms with Crippen LogP contribution in [0.4, 0.5) is 4.79 Å². The summed E-state index contributed by atoms with van der Waals surface area (Å²) in [4.78, 5) is 53.2. The highest BCUT2D eigenvalue weighted by molar-refractivity contribution is 5.94. The van der Waals surface area contributed by atoms with Crippen LogP contribution in [0.25, 0.3) is 0 Å². The number of hydrogen-bond donors (Lipinski definition) is 3. The number of amides is 4. The van der Waals surface area contributed by atoms with Gasteiger partial charge in [-0.05, 0) is 58.2 Å². The second kappa shape index (κ2) is 14.9. The largest absolute Gasteiger partial charge is 0.444 e. The lowest BCUT2D eigenvalue weighted by atomic mass is 9.99. The lowest BCUT2D eigenvalue weighted by Crippen LogP contribution is -2.54. The van der Waals surface area contributed by atoms with Crippen molar-refractivity contribution in [1.82, 2.24) is 15.5 Å². The molecule has 0 bridgehead atoms. The zero-order chi connectivity index (χ0) is 28.2. The minimum Gasteiger partial charge on any atom is -0.444 e. The third kappa shape index (κ3) is 10.9. The molecule has 1 aromatic rings. The number of nitrogens with zero attached hydrogens (tertiary/aromatic N) is 1. The van der Waals surface area contributed by atoms with E-state index >= 15 is 0 Å². The van der Waals surface area contributed by atoms with Crippen molar-refractivity contribution in [1.29, 1.82) is 0 Å². The van der Waals surface area contributed by atoms with Crippen molar-refractivity contribution >= 4 is 23.8 Å². The fourth-order valence-corrected chi connectivity index (χ4v) is 3.81. The van der Waals surface area contributed by atoms with Crippen LogP contribution in [-0.2, 0) is 19.1 Å². The first kappa shape index (κ1) is 31.5. The molecule has 0 aliphatic carbocycles. The van der Waals surface area contributed by atoms with Gasteiger partial charge in [-0.1, -0.05) is 44.7 Å². The standard InChI is InChI=1S/C28H42N4O5/c1-8-11-17-32(26(35)22(18-23(29)33)31-27(36)37-28(5,6)7)24(25(34)30-19(4)12-9-2)21-15-13-20(10-3)14-16-21/h3,13-16,19,22,24H,8-9,11-12,17-18H2,1-2,4-7H3,(H2,29,33)(H,30,34)(H,31,36). The van der Waals surface area contributed by atoms with E-state index in [9.17, 15) is 19.2 Å². The van der Waals surface area contributed by atoms with Crippen LogP contribution in [0.1, 0.15) is 90.8 Å². The molecule has 204 valence electrons. The second-order valence-electron chi connectivity index (χ2n) is 10.1. The number of primary amides is 1. The summed E-state index contributed by atoms with van der Waals surface area (Å²) in [6.07, 6.45) is 7.17. The van der Waals surface area contributed by atoms with E-state index in [1.165, 1.54) is 4.90 Å². The number of alkyl carbamates (subject to hydrolysis) is 1. The van der Waals surface area contributed by atoms with Gasteiger partial charge in [0.15, 0.2) is 0 Å². The molecule has 1 aromatic carbocycles. The Morgan fingerprint density at radius 1 is 1.08 bits per heavy atom. The molecule has 0 aliphatic heterocycles. The zero-order valence-electron chi connectivity index (χ0n) is 22.9. The molecule has 9 heteroatoms. The summed E-state index contributed by atoms with van der Waals surface area (Å²) in [5, 5.41) is 5.47. The molecule has 4 N–H and O–H groups in total. The van der Waals surface area contributed by atoms with Crippen LogP contribution in [0.3, 0.4) is 0 Å². The van der Waals surface area contributed by atoms with E-state index in [-0.39, 0.29) is 18.5 Å². The Kier molecular flexibility index (Phi) is 12.7. The fourth-order valence-electron chi connectivity index (χ4n) is 3.81. The number of carbonyl (C=O) groups is 4. The Morgan fingerprint density at radius 3 is 2.19 bits per heavy atom. The average Bonchev–Trinajstić information content (AvgIpc) is 2.79. The maximum atomic E-state index is 13.9. The Hall–Kier alpha value is -3.54. The molecule has 0 saturated carbocycles. The number of carbonyl (C=O) groups excluding carboxylic acids is 4. The molecule has 1 rings (SSSR count). The van der Waals surface area contributed by atoms with Crippen LogP contribution in [0.2, 0.25) is 0 Å². The van der Waals surface area contributed by atoms with Crippen LogP contribution in [0, 0.1) is 12.3 Å². The lowest BCUT2D eigenvalue weighted by Gasteiger charge is -2.35. The number of nitrogens with one attached hydrogen (secondary N) is 2. The van der Waals surface area contributed by atoms with Crippen molar-refractivity contribution in [3.8, 4) is 12.3 Å². The van der Waals surface area contributed by atoms with Crippen molar-refractivity contribution in [3.05, 3.63) is 35.4 Å². The van der Waals surface area contributed by atoms with Crippen molar-refractivity contribution < 1.29 is 23.9 Å². The molecule has 3 unspecified atom stereocenters. The van der Waals surface area contributed by atoms with E-state index in [2.05, 4.69) is 16.6 Å². The average molecular weight is 515 g/mol. The topological polar surface area (TPSA) is 131 Å². The van der Waals surface area contributed by atoms with Crippen LogP contribution < -0.4 is 16.4 Å². The SMILES string of the molecule is C#Cc1ccc(C(C(=O)NC(C)CCC)N(CCCC)C(=O)C(CC(N)=O)NC(=O)OC(C)(C)C)cc1. The molecule has 0 aromatic heterocycles. The number of unbranched alkanes of at least 4 members (excludes halogenated alkanes) is 1. The van der Waals surface area contributed by atoms with Crippen LogP contribution >= 0.6 is 0 Å². The minimum atomic E-state index is -1.31. The molecule has 0 aliphatic rings. The predicted molar refractivity (Wildman–Crippen MR) is 143 cm³/mol. The summed E-state index contributed by atoms with van der Waals surface area (Å²) in [5.41, 5.74) is 5.78. The van der Waals surface area contributed by atoms with Gasteiger partial charge in [0.2, 0.25) is 17.7 Å². The number of terminal acetylenes is 1. The molecule has 9 nitrogen and oxygen atoms in total. The Bertz CT molecular complexity index is 962. The Labute approximate surface area is 220 Å². The third-order valence-electron chi connectivity index (χ3n) is 5.49. The molecule has 0 fully saturated rings. The Morgan fingerprint density at radius 2 is 1.70 bits per heavy atom. The molecule has 0 saturated heterocycles. The smallest absolute Gasteiger partial charge is 0.408 e. The van der Waals surface area contributed by atoms with Gasteiger partial charge in [0.25, 0.3) is 0 Å². The summed E-state index contributed by atoms with van der Waals surface area (Å²) < 4.78 is 5.29. The number of benzene rings is 1. The number of ether oxygens (including phenoxy) is 1. The first-order valence-electron chi connectivity index (χ1n) is 12.8. The van der Waals surface area contributed by atoms with Gasteiger partial charge in [-0.25, -0.2) is 4.79 Å². The summed E-state index contributed by atoms with van der Waals surface area (Å²) in [6, 6.07) is 4.38. The molecule has 3 atom stereocenters. The summed E-state index contributed by atoms with van der Waals surface area (Å²) in [5.74, 6) is 0.791. The van der Waals surface area contributed by atoms with Gasteiger partial charge in [0, 0.05) is 18.2 Å². The third-order valence-corrected chi connectivity index (χ3v) is 5.49. The number of hydrogen-bond acceptors (Lipinski definition) is 5. The lowest BCUT2D eigenvalue weighted by molar-refractivity contribution is -0.143. The van der Waals surface area contributed by atoms with Gasteiger partial charge in [-0.3, -0.25) is 14.4 Å². The summed E-state index contributed by atoms with van der Waals surface area (Å²) >= 11 is 0. The van der Waals surface area contributed by atoms with Crippen LogP contribution in [0.15, 0.2) is 24.3 Å². The second-order valence-corrected chi connectivity index (χ2v) is 10.1. The zero-order valence-corrected chi connectivity index (χ0v) is 22.9. The monoisotopic (exact) mass is 514 g/mol. The van der Waals surface area contributed by atoms with Gasteiger partial charge < -0.3 is 26.0 Å². The summed E-state index contributed by atoms with van der Waals surface area (Å²) in [7, 11) is 0. The van der Waals surface area contributed by atoms with E-state index < -0.39 is 42.0 Å². The minimum absolute atomic E-state index is 0.116. The highest BCUT2D eigenvalue weighted by Crippen LogP contribution is 2.25.